The number of hydrogen-bond acceptors (Lipinski definition) is 6. The Hall–Kier alpha value is -2.34. The quantitative estimate of drug-likeness (QED) is 0.714. The van der Waals surface area contributed by atoms with E-state index in [0.29, 0.717) is 5.92 Å². The molecule has 0 unspecified atom stereocenters. The Morgan fingerprint density at radius 1 is 1.20 bits per heavy atom. The molecular weight excluding hydrogens is 330 g/mol. The van der Waals surface area contributed by atoms with E-state index in [9.17, 15) is 0 Å². The molecule has 4 rings (SSSR count). The minimum absolute atomic E-state index is 0.490. The average molecular weight is 351 g/mol. The molecule has 4 heterocycles. The Labute approximate surface area is 151 Å². The number of aryl methyl sites for hydroxylation is 2. The first-order valence-electron chi connectivity index (χ1n) is 8.62. The number of nitrogens with zero attached hydrogens (tertiary/aromatic N) is 5. The van der Waals surface area contributed by atoms with Crippen LogP contribution in [0.25, 0.3) is 11.4 Å². The molecule has 0 N–H and O–H groups in total. The van der Waals surface area contributed by atoms with Crippen molar-refractivity contribution in [2.24, 2.45) is 0 Å². The molecule has 1 atom stereocenters. The van der Waals surface area contributed by atoms with Gasteiger partial charge in [-0.3, -0.25) is 4.98 Å². The van der Waals surface area contributed by atoms with Crippen LogP contribution < -0.4 is 4.90 Å². The van der Waals surface area contributed by atoms with Gasteiger partial charge in [0.05, 0.1) is 5.01 Å². The van der Waals surface area contributed by atoms with E-state index in [1.54, 1.807) is 6.20 Å². The fourth-order valence-corrected chi connectivity index (χ4v) is 4.19. The van der Waals surface area contributed by atoms with Gasteiger partial charge in [0.15, 0.2) is 5.82 Å². The lowest BCUT2D eigenvalue weighted by Crippen LogP contribution is -2.35. The van der Waals surface area contributed by atoms with Gasteiger partial charge >= 0.3 is 0 Å². The molecule has 1 saturated heterocycles. The van der Waals surface area contributed by atoms with Crippen molar-refractivity contribution in [1.29, 1.82) is 0 Å². The van der Waals surface area contributed by atoms with Gasteiger partial charge in [-0.1, -0.05) is 0 Å². The highest BCUT2D eigenvalue weighted by atomic mass is 32.1. The maximum absolute atomic E-state index is 4.82. The van der Waals surface area contributed by atoms with Gasteiger partial charge in [-0.05, 0) is 38.8 Å². The molecule has 1 aliphatic rings. The minimum atomic E-state index is 0.490. The highest BCUT2D eigenvalue weighted by Crippen LogP contribution is 2.32. The number of rotatable bonds is 3. The van der Waals surface area contributed by atoms with Crippen LogP contribution in [0, 0.1) is 13.8 Å². The molecule has 1 aliphatic heterocycles. The van der Waals surface area contributed by atoms with Crippen LogP contribution in [-0.4, -0.2) is 33.0 Å². The summed E-state index contributed by atoms with van der Waals surface area (Å²) in [7, 11) is 0. The lowest BCUT2D eigenvalue weighted by atomic mass is 9.99. The zero-order valence-electron chi connectivity index (χ0n) is 14.5. The molecule has 25 heavy (non-hydrogen) atoms. The van der Waals surface area contributed by atoms with Gasteiger partial charge in [-0.15, -0.1) is 11.3 Å². The standard InChI is InChI=1S/C19H21N5S/c1-13-9-17(23-18(22-13)15-5-3-7-20-11-15)24-8-4-6-16(12-24)19-21-10-14(2)25-19/h3,5,7,9-11,16H,4,6,8,12H2,1-2H3/t16-/m1/s1. The Morgan fingerprint density at radius 2 is 2.12 bits per heavy atom. The van der Waals surface area contributed by atoms with E-state index in [4.69, 9.17) is 4.98 Å². The average Bonchev–Trinajstić information content (AvgIpc) is 3.08. The van der Waals surface area contributed by atoms with E-state index in [1.807, 2.05) is 42.8 Å². The van der Waals surface area contributed by atoms with Crippen LogP contribution in [0.5, 0.6) is 0 Å². The lowest BCUT2D eigenvalue weighted by molar-refractivity contribution is 0.505. The van der Waals surface area contributed by atoms with E-state index in [2.05, 4.69) is 32.8 Å². The molecule has 5 nitrogen and oxygen atoms in total. The summed E-state index contributed by atoms with van der Waals surface area (Å²) in [6, 6.07) is 6.00. The van der Waals surface area contributed by atoms with Crippen LogP contribution in [0.3, 0.4) is 0 Å². The molecule has 0 spiro atoms. The van der Waals surface area contributed by atoms with Gasteiger partial charge in [0.1, 0.15) is 5.82 Å². The number of hydrogen-bond donors (Lipinski definition) is 0. The molecule has 0 bridgehead atoms. The predicted octanol–water partition coefficient (Wildman–Crippen LogP) is 4.00. The first-order chi connectivity index (χ1) is 12.2. The molecule has 0 radical (unpaired) electrons. The summed E-state index contributed by atoms with van der Waals surface area (Å²) in [5.74, 6) is 2.24. The normalized spacial score (nSPS) is 17.7. The summed E-state index contributed by atoms with van der Waals surface area (Å²) < 4.78 is 0. The molecule has 0 amide bonds. The van der Waals surface area contributed by atoms with Gasteiger partial charge < -0.3 is 4.90 Å². The van der Waals surface area contributed by atoms with Crippen molar-refractivity contribution in [3.8, 4) is 11.4 Å². The van der Waals surface area contributed by atoms with E-state index in [0.717, 1.165) is 42.4 Å². The SMILES string of the molecule is Cc1cc(N2CCC[C@@H](c3ncc(C)s3)C2)nc(-c2cccnc2)n1. The fourth-order valence-electron chi connectivity index (χ4n) is 3.29. The third-order valence-corrected chi connectivity index (χ3v) is 5.57. The number of aromatic nitrogens is 4. The van der Waals surface area contributed by atoms with Crippen molar-refractivity contribution in [3.05, 3.63) is 52.4 Å². The molecule has 0 aromatic carbocycles. The summed E-state index contributed by atoms with van der Waals surface area (Å²) in [5, 5.41) is 1.25. The van der Waals surface area contributed by atoms with Crippen molar-refractivity contribution in [2.45, 2.75) is 32.6 Å². The summed E-state index contributed by atoms with van der Waals surface area (Å²) in [6.45, 7) is 6.14. The van der Waals surface area contributed by atoms with Crippen molar-refractivity contribution < 1.29 is 0 Å². The van der Waals surface area contributed by atoms with Gasteiger partial charge in [-0.25, -0.2) is 15.0 Å². The highest BCUT2D eigenvalue weighted by molar-refractivity contribution is 7.11. The van der Waals surface area contributed by atoms with Crippen LogP contribution >= 0.6 is 11.3 Å². The van der Waals surface area contributed by atoms with Crippen LogP contribution in [-0.2, 0) is 0 Å². The number of piperidine rings is 1. The van der Waals surface area contributed by atoms with E-state index in [1.165, 1.54) is 16.3 Å². The number of thiazole rings is 1. The van der Waals surface area contributed by atoms with Crippen LogP contribution in [0.15, 0.2) is 36.8 Å². The molecule has 3 aromatic heterocycles. The predicted molar refractivity (Wildman–Crippen MR) is 101 cm³/mol. The van der Waals surface area contributed by atoms with Crippen molar-refractivity contribution in [2.75, 3.05) is 18.0 Å². The second-order valence-electron chi connectivity index (χ2n) is 6.53. The third-order valence-electron chi connectivity index (χ3n) is 4.49. The molecular formula is C19H21N5S. The smallest absolute Gasteiger partial charge is 0.163 e. The first-order valence-corrected chi connectivity index (χ1v) is 9.44. The van der Waals surface area contributed by atoms with Crippen LogP contribution in [0.2, 0.25) is 0 Å². The Bertz CT molecular complexity index is 861. The number of anilines is 1. The fraction of sp³-hybridized carbons (Fsp3) is 0.368. The van der Waals surface area contributed by atoms with Gasteiger partial charge in [0.2, 0.25) is 0 Å². The van der Waals surface area contributed by atoms with Crippen LogP contribution in [0.1, 0.15) is 34.3 Å². The maximum Gasteiger partial charge on any atom is 0.163 e. The highest BCUT2D eigenvalue weighted by Gasteiger charge is 2.25. The Balaban J connectivity index is 1.61. The van der Waals surface area contributed by atoms with Crippen molar-refractivity contribution in [3.63, 3.8) is 0 Å². The van der Waals surface area contributed by atoms with Gasteiger partial charge in [-0.2, -0.15) is 0 Å². The Kier molecular flexibility index (Phi) is 4.44. The van der Waals surface area contributed by atoms with E-state index in [-0.39, 0.29) is 0 Å². The topological polar surface area (TPSA) is 54.8 Å². The molecule has 0 saturated carbocycles. The lowest BCUT2D eigenvalue weighted by Gasteiger charge is -2.33. The van der Waals surface area contributed by atoms with Gasteiger partial charge in [0, 0.05) is 59.8 Å². The summed E-state index contributed by atoms with van der Waals surface area (Å²) in [6.07, 6.45) is 7.92. The zero-order chi connectivity index (χ0) is 17.2. The first kappa shape index (κ1) is 16.1. The van der Waals surface area contributed by atoms with Gasteiger partial charge in [0.25, 0.3) is 0 Å². The van der Waals surface area contributed by atoms with Crippen molar-refractivity contribution >= 4 is 17.2 Å². The molecule has 6 heteroatoms. The maximum atomic E-state index is 4.82. The molecule has 3 aromatic rings. The van der Waals surface area contributed by atoms with E-state index < -0.39 is 0 Å². The van der Waals surface area contributed by atoms with Crippen LogP contribution in [0.4, 0.5) is 5.82 Å². The monoisotopic (exact) mass is 351 g/mol. The number of pyridine rings is 1. The molecule has 128 valence electrons. The minimum Gasteiger partial charge on any atom is -0.356 e. The molecule has 0 aliphatic carbocycles. The molecule has 1 fully saturated rings. The second kappa shape index (κ2) is 6.88. The zero-order valence-corrected chi connectivity index (χ0v) is 15.3. The Morgan fingerprint density at radius 3 is 2.88 bits per heavy atom. The summed E-state index contributed by atoms with van der Waals surface area (Å²) >= 11 is 1.82. The third kappa shape index (κ3) is 3.54. The second-order valence-corrected chi connectivity index (χ2v) is 7.79. The van der Waals surface area contributed by atoms with E-state index >= 15 is 0 Å². The van der Waals surface area contributed by atoms with Crippen molar-refractivity contribution in [1.82, 2.24) is 19.9 Å². The largest absolute Gasteiger partial charge is 0.356 e. The summed E-state index contributed by atoms with van der Waals surface area (Å²) in [4.78, 5) is 21.9. The summed E-state index contributed by atoms with van der Waals surface area (Å²) in [5.41, 5.74) is 1.94.